The Bertz CT molecular complexity index is 958. The molecular formula is C22H25N3O3S. The summed E-state index contributed by atoms with van der Waals surface area (Å²) >= 11 is 1.63. The number of rotatable bonds is 5. The molecule has 0 bridgehead atoms. The van der Waals surface area contributed by atoms with E-state index in [1.54, 1.807) is 45.2 Å². The largest absolute Gasteiger partial charge is 0.338 e. The molecule has 0 aliphatic carbocycles. The lowest BCUT2D eigenvalue weighted by Gasteiger charge is -2.48. The Balaban J connectivity index is 1.55. The van der Waals surface area contributed by atoms with Gasteiger partial charge in [-0.05, 0) is 43.8 Å². The van der Waals surface area contributed by atoms with Crippen LogP contribution in [0.2, 0.25) is 0 Å². The first-order chi connectivity index (χ1) is 13.8. The summed E-state index contributed by atoms with van der Waals surface area (Å²) in [5, 5.41) is 2.00. The van der Waals surface area contributed by atoms with Crippen LogP contribution in [0.1, 0.15) is 54.4 Å². The average Bonchev–Trinajstić information content (AvgIpc) is 3.35. The van der Waals surface area contributed by atoms with Crippen molar-refractivity contribution in [3.63, 3.8) is 0 Å². The van der Waals surface area contributed by atoms with Crippen molar-refractivity contribution in [1.82, 2.24) is 9.80 Å². The Kier molecular flexibility index (Phi) is 4.94. The van der Waals surface area contributed by atoms with Gasteiger partial charge in [0.1, 0.15) is 5.66 Å². The van der Waals surface area contributed by atoms with Gasteiger partial charge in [-0.15, -0.1) is 11.3 Å². The van der Waals surface area contributed by atoms with E-state index >= 15 is 0 Å². The molecule has 3 amide bonds. The smallest absolute Gasteiger partial charge is 0.257 e. The first-order valence-corrected chi connectivity index (χ1v) is 10.8. The fourth-order valence-corrected chi connectivity index (χ4v) is 5.19. The van der Waals surface area contributed by atoms with Crippen molar-refractivity contribution in [1.29, 1.82) is 0 Å². The maximum Gasteiger partial charge on any atom is 0.257 e. The lowest BCUT2D eigenvalue weighted by atomic mass is 9.98. The Morgan fingerprint density at radius 2 is 2.00 bits per heavy atom. The summed E-state index contributed by atoms with van der Waals surface area (Å²) in [7, 11) is 1.80. The Morgan fingerprint density at radius 1 is 1.24 bits per heavy atom. The number of hydrogen-bond acceptors (Lipinski definition) is 4. The van der Waals surface area contributed by atoms with E-state index in [1.165, 1.54) is 0 Å². The van der Waals surface area contributed by atoms with Gasteiger partial charge in [0.05, 0.1) is 17.3 Å². The van der Waals surface area contributed by atoms with Crippen molar-refractivity contribution in [3.8, 4) is 0 Å². The molecular weight excluding hydrogens is 386 g/mol. The van der Waals surface area contributed by atoms with E-state index in [2.05, 4.69) is 0 Å². The van der Waals surface area contributed by atoms with Crippen LogP contribution in [0.3, 0.4) is 0 Å². The minimum Gasteiger partial charge on any atom is -0.338 e. The van der Waals surface area contributed by atoms with Crippen molar-refractivity contribution < 1.29 is 14.4 Å². The number of fused-ring (bicyclic) bond motifs is 3. The van der Waals surface area contributed by atoms with E-state index in [1.807, 2.05) is 43.5 Å². The lowest BCUT2D eigenvalue weighted by molar-refractivity contribution is -0.132. The molecule has 2 atom stereocenters. The van der Waals surface area contributed by atoms with Crippen LogP contribution >= 0.6 is 11.3 Å². The van der Waals surface area contributed by atoms with Gasteiger partial charge < -0.3 is 9.80 Å². The molecule has 0 spiro atoms. The zero-order chi connectivity index (χ0) is 20.8. The van der Waals surface area contributed by atoms with E-state index in [-0.39, 0.29) is 36.7 Å². The van der Waals surface area contributed by atoms with Crippen LogP contribution in [0, 0.1) is 0 Å². The monoisotopic (exact) mass is 411 g/mol. The molecule has 3 heterocycles. The van der Waals surface area contributed by atoms with Gasteiger partial charge in [0.15, 0.2) is 0 Å². The SMILES string of the molecule is C[C@@H](c1cccs1)N(C)C(=O)CCN1C(=O)c2ccccc2N2C(=O)CC[C@]12C. The van der Waals surface area contributed by atoms with E-state index in [0.29, 0.717) is 24.1 Å². The number of amides is 3. The van der Waals surface area contributed by atoms with Crippen LogP contribution in [0.25, 0.3) is 0 Å². The molecule has 29 heavy (non-hydrogen) atoms. The zero-order valence-electron chi connectivity index (χ0n) is 16.9. The third-order valence-corrected chi connectivity index (χ3v) is 7.27. The lowest BCUT2D eigenvalue weighted by Crippen LogP contribution is -2.62. The summed E-state index contributed by atoms with van der Waals surface area (Å²) in [6.07, 6.45) is 1.19. The van der Waals surface area contributed by atoms with Crippen LogP contribution in [-0.2, 0) is 9.59 Å². The van der Waals surface area contributed by atoms with Gasteiger partial charge in [0.2, 0.25) is 11.8 Å². The fourth-order valence-electron chi connectivity index (χ4n) is 4.36. The predicted octanol–water partition coefficient (Wildman–Crippen LogP) is 3.66. The van der Waals surface area contributed by atoms with E-state index in [4.69, 9.17) is 0 Å². The van der Waals surface area contributed by atoms with Crippen LogP contribution in [0.15, 0.2) is 41.8 Å². The first-order valence-electron chi connectivity index (χ1n) is 9.87. The van der Waals surface area contributed by atoms with Crippen molar-refractivity contribution in [2.75, 3.05) is 18.5 Å². The summed E-state index contributed by atoms with van der Waals surface area (Å²) in [6, 6.07) is 11.2. The summed E-state index contributed by atoms with van der Waals surface area (Å²) in [5.74, 6) is -0.111. The Hall–Kier alpha value is -2.67. The van der Waals surface area contributed by atoms with Crippen LogP contribution in [-0.4, -0.2) is 46.8 Å². The second-order valence-electron chi connectivity index (χ2n) is 7.87. The topological polar surface area (TPSA) is 60.9 Å². The van der Waals surface area contributed by atoms with E-state index in [9.17, 15) is 14.4 Å². The number of anilines is 1. The normalized spacial score (nSPS) is 21.8. The summed E-state index contributed by atoms with van der Waals surface area (Å²) < 4.78 is 0. The molecule has 2 aliphatic rings. The predicted molar refractivity (Wildman–Crippen MR) is 113 cm³/mol. The molecule has 7 heteroatoms. The highest BCUT2D eigenvalue weighted by molar-refractivity contribution is 7.10. The molecule has 0 unspecified atom stereocenters. The molecule has 0 saturated carbocycles. The minimum absolute atomic E-state index is 0.0135. The second kappa shape index (κ2) is 7.30. The van der Waals surface area contributed by atoms with Crippen molar-refractivity contribution in [2.24, 2.45) is 0 Å². The molecule has 2 aliphatic heterocycles. The number of carbonyl (C=O) groups excluding carboxylic acids is 3. The summed E-state index contributed by atoms with van der Waals surface area (Å²) in [6.45, 7) is 4.21. The first kappa shape index (κ1) is 19.6. The number of para-hydroxylation sites is 1. The van der Waals surface area contributed by atoms with Crippen molar-refractivity contribution >= 4 is 34.7 Å². The Morgan fingerprint density at radius 3 is 2.72 bits per heavy atom. The molecule has 152 valence electrons. The maximum absolute atomic E-state index is 13.2. The van der Waals surface area contributed by atoms with Crippen LogP contribution in [0.5, 0.6) is 0 Å². The van der Waals surface area contributed by atoms with Gasteiger partial charge in [-0.25, -0.2) is 0 Å². The molecule has 1 aromatic heterocycles. The fraction of sp³-hybridized carbons (Fsp3) is 0.409. The molecule has 4 rings (SSSR count). The van der Waals surface area contributed by atoms with Crippen molar-refractivity contribution in [3.05, 3.63) is 52.2 Å². The van der Waals surface area contributed by atoms with Gasteiger partial charge in [-0.2, -0.15) is 0 Å². The number of benzene rings is 1. The molecule has 1 aromatic carbocycles. The quantitative estimate of drug-likeness (QED) is 0.754. The van der Waals surface area contributed by atoms with Gasteiger partial charge in [-0.3, -0.25) is 19.3 Å². The van der Waals surface area contributed by atoms with Crippen molar-refractivity contribution in [2.45, 2.75) is 44.8 Å². The highest BCUT2D eigenvalue weighted by atomic mass is 32.1. The molecule has 6 nitrogen and oxygen atoms in total. The van der Waals surface area contributed by atoms with Gasteiger partial charge in [0, 0.05) is 31.3 Å². The summed E-state index contributed by atoms with van der Waals surface area (Å²) in [4.78, 5) is 45.0. The molecule has 1 saturated heterocycles. The summed E-state index contributed by atoms with van der Waals surface area (Å²) in [5.41, 5.74) is 0.474. The minimum atomic E-state index is -0.721. The molecule has 1 fully saturated rings. The third-order valence-electron chi connectivity index (χ3n) is 6.22. The highest BCUT2D eigenvalue weighted by Crippen LogP contribution is 2.44. The molecule has 0 N–H and O–H groups in total. The number of thiophene rings is 1. The van der Waals surface area contributed by atoms with Gasteiger partial charge >= 0.3 is 0 Å². The molecule has 0 radical (unpaired) electrons. The van der Waals surface area contributed by atoms with Gasteiger partial charge in [0.25, 0.3) is 5.91 Å². The maximum atomic E-state index is 13.2. The standard InChI is InChI=1S/C22H25N3O3S/c1-15(18-9-6-14-29-18)23(3)19(26)11-13-24-21(28)16-7-4-5-8-17(16)25-20(27)10-12-22(24,25)2/h4-9,14-15H,10-13H2,1-3H3/t15-,22+/m0/s1. The van der Waals surface area contributed by atoms with Crippen LogP contribution in [0.4, 0.5) is 5.69 Å². The zero-order valence-corrected chi connectivity index (χ0v) is 17.7. The number of nitrogens with zero attached hydrogens (tertiary/aromatic N) is 3. The number of carbonyl (C=O) groups is 3. The van der Waals surface area contributed by atoms with E-state index < -0.39 is 5.66 Å². The van der Waals surface area contributed by atoms with Crippen LogP contribution < -0.4 is 4.90 Å². The highest BCUT2D eigenvalue weighted by Gasteiger charge is 2.52. The molecule has 2 aromatic rings. The average molecular weight is 412 g/mol. The number of hydrogen-bond donors (Lipinski definition) is 0. The Labute approximate surface area is 174 Å². The van der Waals surface area contributed by atoms with Gasteiger partial charge in [-0.1, -0.05) is 18.2 Å². The second-order valence-corrected chi connectivity index (χ2v) is 8.85. The third kappa shape index (κ3) is 3.13. The van der Waals surface area contributed by atoms with E-state index in [0.717, 1.165) is 4.88 Å².